The predicted molar refractivity (Wildman–Crippen MR) is 142 cm³/mol. The van der Waals surface area contributed by atoms with Crippen LogP contribution in [0.3, 0.4) is 0 Å². The summed E-state index contributed by atoms with van der Waals surface area (Å²) in [5.74, 6) is -8.57. The van der Waals surface area contributed by atoms with E-state index in [1.807, 2.05) is 0 Å². The molecule has 228 valence electrons. The average molecular weight is 565 g/mol. The summed E-state index contributed by atoms with van der Waals surface area (Å²) in [4.78, 5) is 63.7. The van der Waals surface area contributed by atoms with Crippen molar-refractivity contribution in [2.24, 2.45) is 35.5 Å². The summed E-state index contributed by atoms with van der Waals surface area (Å²) in [6.45, 7) is 10.5. The van der Waals surface area contributed by atoms with Gasteiger partial charge < -0.3 is 30.6 Å². The highest BCUT2D eigenvalue weighted by molar-refractivity contribution is 5.74. The van der Waals surface area contributed by atoms with Crippen molar-refractivity contribution in [2.75, 3.05) is 0 Å². The fourth-order valence-corrected chi connectivity index (χ4v) is 3.68. The van der Waals surface area contributed by atoms with Gasteiger partial charge in [-0.3, -0.25) is 28.8 Å². The third kappa shape index (κ3) is 18.7. The Hall–Kier alpha value is -3.18. The second-order valence-electron chi connectivity index (χ2n) is 9.37. The third-order valence-electron chi connectivity index (χ3n) is 6.76. The molecule has 0 saturated carbocycles. The number of rotatable bonds is 18. The molecule has 0 aliphatic rings. The van der Waals surface area contributed by atoms with Crippen LogP contribution in [0.15, 0.2) is 0 Å². The minimum Gasteiger partial charge on any atom is -0.481 e. The van der Waals surface area contributed by atoms with Gasteiger partial charge in [0.15, 0.2) is 0 Å². The molecule has 0 heterocycles. The van der Waals surface area contributed by atoms with Crippen molar-refractivity contribution in [2.45, 2.75) is 99.3 Å². The molecule has 6 unspecified atom stereocenters. The number of aliphatic carboxylic acids is 6. The molecule has 0 rings (SSSR count). The van der Waals surface area contributed by atoms with Crippen LogP contribution in [0.4, 0.5) is 0 Å². The van der Waals surface area contributed by atoms with E-state index in [0.717, 1.165) is 0 Å². The zero-order valence-electron chi connectivity index (χ0n) is 24.0. The van der Waals surface area contributed by atoms with Crippen molar-refractivity contribution in [1.29, 1.82) is 0 Å². The first kappa shape index (κ1) is 40.3. The molecule has 0 aromatic carbocycles. The molecule has 0 aromatic heterocycles. The normalized spacial score (nSPS) is 14.9. The lowest BCUT2D eigenvalue weighted by atomic mass is 9.91. The topological polar surface area (TPSA) is 224 Å². The van der Waals surface area contributed by atoms with Gasteiger partial charge >= 0.3 is 35.8 Å². The maximum absolute atomic E-state index is 10.6. The van der Waals surface area contributed by atoms with Gasteiger partial charge in [0.1, 0.15) is 0 Å². The van der Waals surface area contributed by atoms with Gasteiger partial charge in [0, 0.05) is 0 Å². The van der Waals surface area contributed by atoms with Gasteiger partial charge in [-0.05, 0) is 57.8 Å². The lowest BCUT2D eigenvalue weighted by molar-refractivity contribution is -0.147. The molecular formula is C27H48O12. The molecule has 12 nitrogen and oxygen atoms in total. The first-order chi connectivity index (χ1) is 18.1. The molecule has 0 amide bonds. The van der Waals surface area contributed by atoms with Gasteiger partial charge in [0.25, 0.3) is 0 Å². The highest BCUT2D eigenvalue weighted by atomic mass is 16.4. The molecule has 0 aromatic rings. The van der Waals surface area contributed by atoms with Gasteiger partial charge in [0.2, 0.25) is 0 Å². The zero-order valence-corrected chi connectivity index (χ0v) is 24.0. The molecule has 0 fully saturated rings. The standard InChI is InChI=1S/3C9H16O4/c3*1-3-6(8(10)11)5-7(4-2)9(12)13/h3*6-7H,3-5H2,1-2H3,(H,10,11)(H,12,13). The van der Waals surface area contributed by atoms with Crippen LogP contribution >= 0.6 is 0 Å². The second kappa shape index (κ2) is 22.8. The summed E-state index contributed by atoms with van der Waals surface area (Å²) in [6.07, 6.45) is 3.61. The average Bonchev–Trinajstić information content (AvgIpc) is 2.85. The van der Waals surface area contributed by atoms with E-state index in [-0.39, 0.29) is 19.3 Å². The molecule has 0 bridgehead atoms. The SMILES string of the molecule is CCC(CC(CC)C(=O)O)C(=O)O.CCC(CC(CC)C(=O)O)C(=O)O.CCC(CC(CC)C(=O)O)C(=O)O. The van der Waals surface area contributed by atoms with Crippen LogP contribution in [0.1, 0.15) is 99.3 Å². The van der Waals surface area contributed by atoms with Gasteiger partial charge in [-0.1, -0.05) is 41.5 Å². The van der Waals surface area contributed by atoms with E-state index in [1.54, 1.807) is 41.5 Å². The Morgan fingerprint density at radius 2 is 0.436 bits per heavy atom. The molecule has 0 saturated heterocycles. The summed E-state index contributed by atoms with van der Waals surface area (Å²) in [5, 5.41) is 52.2. The molecule has 0 aliphatic carbocycles. The van der Waals surface area contributed by atoms with E-state index in [4.69, 9.17) is 30.6 Å². The van der Waals surface area contributed by atoms with E-state index < -0.39 is 71.3 Å². The Labute approximate surface area is 230 Å². The predicted octanol–water partition coefficient (Wildman–Crippen LogP) is 4.79. The lowest BCUT2D eigenvalue weighted by Crippen LogP contribution is -2.21. The van der Waals surface area contributed by atoms with E-state index >= 15 is 0 Å². The van der Waals surface area contributed by atoms with Crippen LogP contribution in [0, 0.1) is 35.5 Å². The highest BCUT2D eigenvalue weighted by Crippen LogP contribution is 2.20. The fraction of sp³-hybridized carbons (Fsp3) is 0.778. The molecular weight excluding hydrogens is 516 g/mol. The third-order valence-corrected chi connectivity index (χ3v) is 6.76. The van der Waals surface area contributed by atoms with Crippen LogP contribution < -0.4 is 0 Å². The van der Waals surface area contributed by atoms with Crippen molar-refractivity contribution in [1.82, 2.24) is 0 Å². The van der Waals surface area contributed by atoms with Crippen LogP contribution in [0.5, 0.6) is 0 Å². The molecule has 0 spiro atoms. The van der Waals surface area contributed by atoms with E-state index in [9.17, 15) is 28.8 Å². The number of hydrogen-bond donors (Lipinski definition) is 6. The summed E-state index contributed by atoms with van der Waals surface area (Å²) >= 11 is 0. The highest BCUT2D eigenvalue weighted by Gasteiger charge is 2.26. The minimum absolute atomic E-state index is 0.234. The van der Waals surface area contributed by atoms with Crippen molar-refractivity contribution < 1.29 is 59.4 Å². The zero-order chi connectivity index (χ0) is 31.3. The molecule has 0 radical (unpaired) electrons. The summed E-state index contributed by atoms with van der Waals surface area (Å²) in [5.41, 5.74) is 0. The van der Waals surface area contributed by atoms with Crippen molar-refractivity contribution in [3.05, 3.63) is 0 Å². The number of carboxylic acid groups (broad SMARTS) is 6. The quantitative estimate of drug-likeness (QED) is 0.132. The van der Waals surface area contributed by atoms with Crippen molar-refractivity contribution in [3.63, 3.8) is 0 Å². The van der Waals surface area contributed by atoms with E-state index in [2.05, 4.69) is 0 Å². The second-order valence-corrected chi connectivity index (χ2v) is 9.37. The summed E-state index contributed by atoms with van der Waals surface area (Å²) < 4.78 is 0. The fourth-order valence-electron chi connectivity index (χ4n) is 3.68. The monoisotopic (exact) mass is 564 g/mol. The van der Waals surface area contributed by atoms with Crippen molar-refractivity contribution in [3.8, 4) is 0 Å². The number of carboxylic acids is 6. The van der Waals surface area contributed by atoms with Crippen LogP contribution in [0.2, 0.25) is 0 Å². The van der Waals surface area contributed by atoms with E-state index in [1.165, 1.54) is 0 Å². The number of carbonyl (C=O) groups is 6. The Balaban J connectivity index is -0.000000498. The molecule has 6 atom stereocenters. The summed E-state index contributed by atoms with van der Waals surface area (Å²) in [7, 11) is 0. The number of hydrogen-bond acceptors (Lipinski definition) is 6. The van der Waals surface area contributed by atoms with Gasteiger partial charge in [0.05, 0.1) is 35.5 Å². The summed E-state index contributed by atoms with van der Waals surface area (Å²) in [6, 6.07) is 0. The Kier molecular flexibility index (Phi) is 23.5. The molecule has 6 N–H and O–H groups in total. The smallest absolute Gasteiger partial charge is 0.306 e. The van der Waals surface area contributed by atoms with Crippen LogP contribution in [-0.2, 0) is 28.8 Å². The Morgan fingerprint density at radius 1 is 0.333 bits per heavy atom. The largest absolute Gasteiger partial charge is 0.481 e. The van der Waals surface area contributed by atoms with E-state index in [0.29, 0.717) is 38.5 Å². The lowest BCUT2D eigenvalue weighted by Gasteiger charge is -2.14. The Morgan fingerprint density at radius 3 is 0.487 bits per heavy atom. The van der Waals surface area contributed by atoms with Crippen LogP contribution in [-0.4, -0.2) is 66.5 Å². The van der Waals surface area contributed by atoms with Gasteiger partial charge in [-0.2, -0.15) is 0 Å². The van der Waals surface area contributed by atoms with Crippen molar-refractivity contribution >= 4 is 35.8 Å². The maximum atomic E-state index is 10.6. The first-order valence-corrected chi connectivity index (χ1v) is 13.4. The minimum atomic E-state index is -0.901. The first-order valence-electron chi connectivity index (χ1n) is 13.4. The maximum Gasteiger partial charge on any atom is 0.306 e. The molecule has 0 aliphatic heterocycles. The van der Waals surface area contributed by atoms with Gasteiger partial charge in [-0.25, -0.2) is 0 Å². The van der Waals surface area contributed by atoms with Gasteiger partial charge in [-0.15, -0.1) is 0 Å². The molecule has 39 heavy (non-hydrogen) atoms. The van der Waals surface area contributed by atoms with Crippen LogP contribution in [0.25, 0.3) is 0 Å². The Bertz CT molecular complexity index is 604. The molecule has 12 heteroatoms.